The van der Waals surface area contributed by atoms with E-state index in [1.54, 1.807) is 0 Å². The Balaban J connectivity index is 3.02. The van der Waals surface area contributed by atoms with E-state index in [4.69, 9.17) is 16.3 Å². The van der Waals surface area contributed by atoms with Crippen molar-refractivity contribution in [1.82, 2.24) is 0 Å². The second kappa shape index (κ2) is 4.79. The van der Waals surface area contributed by atoms with Gasteiger partial charge in [0, 0.05) is 5.56 Å². The van der Waals surface area contributed by atoms with E-state index < -0.39 is 11.8 Å². The SMILES string of the molecule is COC(=O)C(=O)c1ccc(OC)c(Cl)c1. The highest BCUT2D eigenvalue weighted by Gasteiger charge is 2.17. The van der Waals surface area contributed by atoms with Crippen LogP contribution in [-0.2, 0) is 9.53 Å². The zero-order valence-electron chi connectivity index (χ0n) is 8.24. The molecule has 0 bridgehead atoms. The highest BCUT2D eigenvalue weighted by molar-refractivity contribution is 6.41. The number of hydrogen-bond acceptors (Lipinski definition) is 4. The number of halogens is 1. The first-order chi connectivity index (χ1) is 7.10. The molecule has 15 heavy (non-hydrogen) atoms. The van der Waals surface area contributed by atoms with Gasteiger partial charge in [-0.25, -0.2) is 4.79 Å². The Kier molecular flexibility index (Phi) is 3.68. The molecule has 5 heteroatoms. The largest absolute Gasteiger partial charge is 0.495 e. The molecule has 0 amide bonds. The summed E-state index contributed by atoms with van der Waals surface area (Å²) in [6.45, 7) is 0. The van der Waals surface area contributed by atoms with Gasteiger partial charge in [0.15, 0.2) is 0 Å². The number of benzene rings is 1. The summed E-state index contributed by atoms with van der Waals surface area (Å²) < 4.78 is 9.21. The molecule has 1 aromatic carbocycles. The van der Waals surface area contributed by atoms with Crippen molar-refractivity contribution >= 4 is 23.4 Å². The molecule has 80 valence electrons. The van der Waals surface area contributed by atoms with Crippen LogP contribution in [0.4, 0.5) is 0 Å². The minimum Gasteiger partial charge on any atom is -0.495 e. The van der Waals surface area contributed by atoms with E-state index in [2.05, 4.69) is 4.74 Å². The average Bonchev–Trinajstić information content (AvgIpc) is 2.26. The summed E-state index contributed by atoms with van der Waals surface area (Å²) in [7, 11) is 2.61. The monoisotopic (exact) mass is 228 g/mol. The first kappa shape index (κ1) is 11.5. The predicted octanol–water partition coefficient (Wildman–Crippen LogP) is 1.70. The van der Waals surface area contributed by atoms with Crippen LogP contribution in [0.5, 0.6) is 5.75 Å². The van der Waals surface area contributed by atoms with Crippen LogP contribution >= 0.6 is 11.6 Å². The lowest BCUT2D eigenvalue weighted by molar-refractivity contribution is -0.135. The third kappa shape index (κ3) is 2.47. The number of ketones is 1. The fraction of sp³-hybridized carbons (Fsp3) is 0.200. The number of esters is 1. The summed E-state index contributed by atoms with van der Waals surface area (Å²) >= 11 is 5.79. The smallest absolute Gasteiger partial charge is 0.379 e. The second-order valence-corrected chi connectivity index (χ2v) is 3.08. The van der Waals surface area contributed by atoms with Crippen LogP contribution in [0.2, 0.25) is 5.02 Å². The molecule has 1 aromatic rings. The fourth-order valence-electron chi connectivity index (χ4n) is 1.02. The third-order valence-corrected chi connectivity index (χ3v) is 2.08. The molecule has 0 aliphatic carbocycles. The van der Waals surface area contributed by atoms with E-state index in [1.807, 2.05) is 0 Å². The molecule has 0 aromatic heterocycles. The third-order valence-electron chi connectivity index (χ3n) is 1.78. The van der Waals surface area contributed by atoms with Crippen molar-refractivity contribution in [2.45, 2.75) is 0 Å². The lowest BCUT2D eigenvalue weighted by Gasteiger charge is -2.04. The van der Waals surface area contributed by atoms with E-state index >= 15 is 0 Å². The quantitative estimate of drug-likeness (QED) is 0.449. The van der Waals surface area contributed by atoms with Crippen LogP contribution in [-0.4, -0.2) is 26.0 Å². The first-order valence-corrected chi connectivity index (χ1v) is 4.44. The van der Waals surface area contributed by atoms with Gasteiger partial charge in [-0.2, -0.15) is 0 Å². The summed E-state index contributed by atoms with van der Waals surface area (Å²) in [5.74, 6) is -1.21. The normalized spacial score (nSPS) is 9.53. The van der Waals surface area contributed by atoms with Crippen molar-refractivity contribution in [2.75, 3.05) is 14.2 Å². The molecule has 1 rings (SSSR count). The van der Waals surface area contributed by atoms with Gasteiger partial charge in [-0.15, -0.1) is 0 Å². The Labute approximate surface area is 91.7 Å². The molecule has 0 saturated carbocycles. The van der Waals surface area contributed by atoms with Crippen molar-refractivity contribution in [2.24, 2.45) is 0 Å². The van der Waals surface area contributed by atoms with Gasteiger partial charge in [0.05, 0.1) is 19.2 Å². The highest BCUT2D eigenvalue weighted by Crippen LogP contribution is 2.25. The summed E-state index contributed by atoms with van der Waals surface area (Å²) in [4.78, 5) is 22.3. The zero-order valence-corrected chi connectivity index (χ0v) is 9.00. The van der Waals surface area contributed by atoms with Crippen LogP contribution in [0.15, 0.2) is 18.2 Å². The van der Waals surface area contributed by atoms with E-state index in [-0.39, 0.29) is 10.6 Å². The Morgan fingerprint density at radius 1 is 1.27 bits per heavy atom. The molecule has 0 fully saturated rings. The molecule has 4 nitrogen and oxygen atoms in total. The number of methoxy groups -OCH3 is 2. The maximum Gasteiger partial charge on any atom is 0.379 e. The number of hydrogen-bond donors (Lipinski definition) is 0. The van der Waals surface area contributed by atoms with Crippen molar-refractivity contribution < 1.29 is 19.1 Å². The van der Waals surface area contributed by atoms with Crippen LogP contribution in [0.25, 0.3) is 0 Å². The molecule has 0 atom stereocenters. The van der Waals surface area contributed by atoms with Gasteiger partial charge < -0.3 is 9.47 Å². The molecule has 0 N–H and O–H groups in total. The van der Waals surface area contributed by atoms with E-state index in [0.29, 0.717) is 5.75 Å². The van der Waals surface area contributed by atoms with Crippen molar-refractivity contribution in [3.05, 3.63) is 28.8 Å². The van der Waals surface area contributed by atoms with Crippen molar-refractivity contribution in [3.63, 3.8) is 0 Å². The minimum absolute atomic E-state index is 0.174. The van der Waals surface area contributed by atoms with Gasteiger partial charge in [0.25, 0.3) is 5.78 Å². The van der Waals surface area contributed by atoms with Gasteiger partial charge in [-0.05, 0) is 18.2 Å². The first-order valence-electron chi connectivity index (χ1n) is 4.06. The molecule has 0 heterocycles. The number of ether oxygens (including phenoxy) is 2. The van der Waals surface area contributed by atoms with Gasteiger partial charge in [0.1, 0.15) is 5.75 Å². The zero-order chi connectivity index (χ0) is 11.4. The van der Waals surface area contributed by atoms with E-state index in [9.17, 15) is 9.59 Å². The number of Topliss-reactive ketones (excluding diaryl/α,β-unsaturated/α-hetero) is 1. The van der Waals surface area contributed by atoms with Gasteiger partial charge in [-0.1, -0.05) is 11.6 Å². The van der Waals surface area contributed by atoms with Crippen molar-refractivity contribution in [1.29, 1.82) is 0 Å². The van der Waals surface area contributed by atoms with Crippen LogP contribution in [0.1, 0.15) is 10.4 Å². The molecular weight excluding hydrogens is 220 g/mol. The van der Waals surface area contributed by atoms with Crippen molar-refractivity contribution in [3.8, 4) is 5.75 Å². The maximum atomic E-state index is 11.4. The van der Waals surface area contributed by atoms with E-state index in [1.165, 1.54) is 25.3 Å². The molecule has 0 aliphatic rings. The lowest BCUT2D eigenvalue weighted by atomic mass is 10.1. The maximum absolute atomic E-state index is 11.4. The van der Waals surface area contributed by atoms with Crippen LogP contribution in [0, 0.1) is 0 Å². The predicted molar refractivity (Wildman–Crippen MR) is 54.4 cm³/mol. The van der Waals surface area contributed by atoms with Gasteiger partial charge >= 0.3 is 5.97 Å². The number of carbonyl (C=O) groups is 2. The second-order valence-electron chi connectivity index (χ2n) is 2.67. The fourth-order valence-corrected chi connectivity index (χ4v) is 1.28. The summed E-state index contributed by atoms with van der Waals surface area (Å²) in [6, 6.07) is 4.32. The molecule has 0 radical (unpaired) electrons. The molecular formula is C10H9ClO4. The number of rotatable bonds is 3. The number of carbonyl (C=O) groups excluding carboxylic acids is 2. The standard InChI is InChI=1S/C10H9ClO4/c1-14-8-4-3-6(5-7(8)11)9(12)10(13)15-2/h3-5H,1-2H3. The van der Waals surface area contributed by atoms with Gasteiger partial charge in [-0.3, -0.25) is 4.79 Å². The summed E-state index contributed by atoms with van der Waals surface area (Å²) in [5, 5.41) is 0.271. The van der Waals surface area contributed by atoms with Gasteiger partial charge in [0.2, 0.25) is 0 Å². The summed E-state index contributed by atoms with van der Waals surface area (Å²) in [5.41, 5.74) is 0.174. The summed E-state index contributed by atoms with van der Waals surface area (Å²) in [6.07, 6.45) is 0. The molecule has 0 saturated heterocycles. The average molecular weight is 229 g/mol. The molecule has 0 unspecified atom stereocenters. The molecule has 0 aliphatic heterocycles. The lowest BCUT2D eigenvalue weighted by Crippen LogP contribution is -2.15. The Morgan fingerprint density at radius 3 is 2.40 bits per heavy atom. The highest BCUT2D eigenvalue weighted by atomic mass is 35.5. The van der Waals surface area contributed by atoms with Crippen LogP contribution in [0.3, 0.4) is 0 Å². The Bertz CT molecular complexity index is 400. The Hall–Kier alpha value is -1.55. The topological polar surface area (TPSA) is 52.6 Å². The van der Waals surface area contributed by atoms with Crippen LogP contribution < -0.4 is 4.74 Å². The molecule has 0 spiro atoms. The Morgan fingerprint density at radius 2 is 1.93 bits per heavy atom. The minimum atomic E-state index is -0.920. The van der Waals surface area contributed by atoms with E-state index in [0.717, 1.165) is 7.11 Å².